The Kier molecular flexibility index (Phi) is 1.80. The van der Waals surface area contributed by atoms with Gasteiger partial charge in [0.25, 0.3) is 0 Å². The van der Waals surface area contributed by atoms with Crippen molar-refractivity contribution in [3.8, 4) is 0 Å². The van der Waals surface area contributed by atoms with Gasteiger partial charge in [0.1, 0.15) is 18.8 Å². The molecule has 0 radical (unpaired) electrons. The average molecular weight is 132 g/mol. The van der Waals surface area contributed by atoms with E-state index in [9.17, 15) is 4.79 Å². The lowest BCUT2D eigenvalue weighted by Gasteiger charge is -2.06. The second kappa shape index (κ2) is 2.43. The van der Waals surface area contributed by atoms with Gasteiger partial charge in [-0.15, -0.1) is 0 Å². The molecule has 0 bridgehead atoms. The Bertz CT molecular complexity index is 122. The number of ether oxygens (including phenoxy) is 1. The van der Waals surface area contributed by atoms with E-state index in [1.54, 1.807) is 0 Å². The van der Waals surface area contributed by atoms with Crippen molar-refractivity contribution in [1.29, 1.82) is 0 Å². The summed E-state index contributed by atoms with van der Waals surface area (Å²) in [4.78, 5) is 10.5. The molecule has 52 valence electrons. The highest BCUT2D eigenvalue weighted by molar-refractivity contribution is 5.86. The highest BCUT2D eigenvalue weighted by Gasteiger charge is 2.33. The normalized spacial score (nSPS) is 35.6. The molecule has 9 heavy (non-hydrogen) atoms. The molecule has 1 aliphatic rings. The zero-order valence-electron chi connectivity index (χ0n) is 4.78. The van der Waals surface area contributed by atoms with E-state index in [1.807, 2.05) is 0 Å². The third-order valence-corrected chi connectivity index (χ3v) is 1.30. The van der Waals surface area contributed by atoms with Crippen molar-refractivity contribution in [1.82, 2.24) is 0 Å². The number of Topliss-reactive ketones (excluding diaryl/α,β-unsaturated/α-hetero) is 1. The maximum atomic E-state index is 10.5. The van der Waals surface area contributed by atoms with E-state index in [-0.39, 0.29) is 19.0 Å². The number of ketones is 1. The lowest BCUT2D eigenvalue weighted by molar-refractivity contribution is -0.123. The van der Waals surface area contributed by atoms with E-state index < -0.39 is 12.2 Å². The second-order valence-corrected chi connectivity index (χ2v) is 1.94. The van der Waals surface area contributed by atoms with Crippen LogP contribution in [-0.4, -0.2) is 41.4 Å². The summed E-state index contributed by atoms with van der Waals surface area (Å²) >= 11 is 0. The van der Waals surface area contributed by atoms with E-state index in [1.165, 1.54) is 0 Å². The molecule has 0 amide bonds. The average Bonchev–Trinajstić information content (AvgIpc) is 2.15. The van der Waals surface area contributed by atoms with Gasteiger partial charge in [0, 0.05) is 0 Å². The molecule has 1 heterocycles. The van der Waals surface area contributed by atoms with Gasteiger partial charge in [-0.25, -0.2) is 0 Å². The van der Waals surface area contributed by atoms with Crippen molar-refractivity contribution in [2.24, 2.45) is 0 Å². The van der Waals surface area contributed by atoms with E-state index >= 15 is 0 Å². The molecular weight excluding hydrogens is 124 g/mol. The molecule has 4 heteroatoms. The molecule has 2 atom stereocenters. The van der Waals surface area contributed by atoms with Gasteiger partial charge in [-0.05, 0) is 0 Å². The van der Waals surface area contributed by atoms with Crippen LogP contribution in [0.4, 0.5) is 0 Å². The molecule has 0 aliphatic carbocycles. The second-order valence-electron chi connectivity index (χ2n) is 1.94. The summed E-state index contributed by atoms with van der Waals surface area (Å²) in [6.07, 6.45) is -1.81. The fourth-order valence-corrected chi connectivity index (χ4v) is 0.726. The lowest BCUT2D eigenvalue weighted by atomic mass is 10.2. The third-order valence-electron chi connectivity index (χ3n) is 1.30. The van der Waals surface area contributed by atoms with Gasteiger partial charge in [-0.1, -0.05) is 0 Å². The summed E-state index contributed by atoms with van der Waals surface area (Å²) in [5.74, 6) is -0.353. The van der Waals surface area contributed by atoms with Crippen molar-refractivity contribution in [2.75, 3.05) is 13.2 Å². The first-order valence-electron chi connectivity index (χ1n) is 2.69. The lowest BCUT2D eigenvalue weighted by Crippen LogP contribution is -2.29. The highest BCUT2D eigenvalue weighted by Crippen LogP contribution is 2.08. The van der Waals surface area contributed by atoms with Crippen LogP contribution in [0.5, 0.6) is 0 Å². The minimum atomic E-state index is -1.12. The fraction of sp³-hybridized carbons (Fsp3) is 0.800. The highest BCUT2D eigenvalue weighted by atomic mass is 16.5. The van der Waals surface area contributed by atoms with E-state index in [0.717, 1.165) is 0 Å². The summed E-state index contributed by atoms with van der Waals surface area (Å²) in [6.45, 7) is -0.376. The molecule has 1 aliphatic heterocycles. The Morgan fingerprint density at radius 3 is 2.67 bits per heavy atom. The van der Waals surface area contributed by atoms with Gasteiger partial charge in [-0.2, -0.15) is 0 Å². The van der Waals surface area contributed by atoms with Crippen LogP contribution in [0.1, 0.15) is 0 Å². The molecule has 1 rings (SSSR count). The van der Waals surface area contributed by atoms with Crippen molar-refractivity contribution in [3.63, 3.8) is 0 Å². The van der Waals surface area contributed by atoms with E-state index in [4.69, 9.17) is 10.2 Å². The molecule has 0 aromatic carbocycles. The van der Waals surface area contributed by atoms with Crippen molar-refractivity contribution in [3.05, 3.63) is 0 Å². The number of hydrogen-bond acceptors (Lipinski definition) is 4. The monoisotopic (exact) mass is 132 g/mol. The van der Waals surface area contributed by atoms with Gasteiger partial charge in [0.15, 0.2) is 5.78 Å². The van der Waals surface area contributed by atoms with Gasteiger partial charge < -0.3 is 14.9 Å². The van der Waals surface area contributed by atoms with Gasteiger partial charge >= 0.3 is 0 Å². The maximum absolute atomic E-state index is 10.5. The van der Waals surface area contributed by atoms with E-state index in [2.05, 4.69) is 4.74 Å². The molecule has 0 aromatic heterocycles. The maximum Gasteiger partial charge on any atom is 0.189 e. The van der Waals surface area contributed by atoms with Crippen LogP contribution in [0.3, 0.4) is 0 Å². The van der Waals surface area contributed by atoms with Crippen LogP contribution >= 0.6 is 0 Å². The Labute approximate surface area is 52.1 Å². The zero-order valence-corrected chi connectivity index (χ0v) is 4.78. The summed E-state index contributed by atoms with van der Waals surface area (Å²) in [5, 5.41) is 17.2. The summed E-state index contributed by atoms with van der Waals surface area (Å²) in [7, 11) is 0. The third kappa shape index (κ3) is 1.10. The van der Waals surface area contributed by atoms with Crippen LogP contribution < -0.4 is 0 Å². The van der Waals surface area contributed by atoms with Gasteiger partial charge in [-0.3, -0.25) is 4.79 Å². The van der Waals surface area contributed by atoms with Crippen molar-refractivity contribution >= 4 is 5.78 Å². The quantitative estimate of drug-likeness (QED) is 0.446. The minimum Gasteiger partial charge on any atom is -0.394 e. The molecule has 0 saturated carbocycles. The smallest absolute Gasteiger partial charge is 0.189 e. The van der Waals surface area contributed by atoms with Gasteiger partial charge in [0.2, 0.25) is 0 Å². The van der Waals surface area contributed by atoms with Crippen LogP contribution in [0.15, 0.2) is 0 Å². The zero-order chi connectivity index (χ0) is 6.85. The number of carbonyl (C=O) groups excluding carboxylic acids is 1. The number of aliphatic hydroxyl groups excluding tert-OH is 2. The topological polar surface area (TPSA) is 66.8 Å². The molecule has 2 N–H and O–H groups in total. The number of hydrogen-bond donors (Lipinski definition) is 2. The summed E-state index contributed by atoms with van der Waals surface area (Å²) in [5.41, 5.74) is 0. The Morgan fingerprint density at radius 2 is 2.44 bits per heavy atom. The number of carbonyl (C=O) groups is 1. The van der Waals surface area contributed by atoms with Gasteiger partial charge in [0.05, 0.1) is 6.61 Å². The molecule has 0 aromatic rings. The SMILES string of the molecule is O=C1CO[C@H](CO)C1O. The Morgan fingerprint density at radius 1 is 1.78 bits per heavy atom. The first-order valence-corrected chi connectivity index (χ1v) is 2.69. The van der Waals surface area contributed by atoms with Crippen LogP contribution in [0.25, 0.3) is 0 Å². The minimum absolute atomic E-state index is 0.0770. The first-order chi connectivity index (χ1) is 4.25. The Hall–Kier alpha value is -0.450. The molecule has 4 nitrogen and oxygen atoms in total. The first kappa shape index (κ1) is 6.67. The predicted octanol–water partition coefficient (Wildman–Crippen LogP) is -1.69. The van der Waals surface area contributed by atoms with Crippen LogP contribution in [-0.2, 0) is 9.53 Å². The molecular formula is C5H8O4. The standard InChI is InChI=1S/C5H8O4/c6-1-4-5(8)3(7)2-9-4/h4-6,8H,1-2H2/t4-,5?/m1/s1. The molecule has 1 fully saturated rings. The van der Waals surface area contributed by atoms with Crippen molar-refractivity contribution in [2.45, 2.75) is 12.2 Å². The summed E-state index contributed by atoms with van der Waals surface area (Å²) in [6, 6.07) is 0. The Balaban J connectivity index is 2.51. The van der Waals surface area contributed by atoms with Crippen LogP contribution in [0, 0.1) is 0 Å². The van der Waals surface area contributed by atoms with Crippen molar-refractivity contribution < 1.29 is 19.7 Å². The largest absolute Gasteiger partial charge is 0.394 e. The molecule has 1 saturated heterocycles. The van der Waals surface area contributed by atoms with Crippen LogP contribution in [0.2, 0.25) is 0 Å². The number of aliphatic hydroxyl groups is 2. The fourth-order valence-electron chi connectivity index (χ4n) is 0.726. The summed E-state index contributed by atoms with van der Waals surface area (Å²) < 4.78 is 4.68. The molecule has 0 spiro atoms. The predicted molar refractivity (Wildman–Crippen MR) is 27.8 cm³/mol. The molecule has 1 unspecified atom stereocenters. The van der Waals surface area contributed by atoms with E-state index in [0.29, 0.717) is 0 Å². The number of rotatable bonds is 1.